The highest BCUT2D eigenvalue weighted by atomic mass is 16.6. The number of rotatable bonds is 12. The smallest absolute Gasteiger partial charge is 0.165 e. The number of ether oxygens (including phenoxy) is 4. The monoisotopic (exact) mass is 334 g/mol. The zero-order valence-electron chi connectivity index (χ0n) is 13.6. The molecule has 2 unspecified atom stereocenters. The van der Waals surface area contributed by atoms with Gasteiger partial charge in [0.1, 0.15) is 12.2 Å². The third-order valence-corrected chi connectivity index (χ3v) is 3.89. The normalized spacial score (nSPS) is 21.5. The minimum absolute atomic E-state index is 0.0125. The zero-order chi connectivity index (χ0) is 16.8. The molecule has 6 nitrogen and oxygen atoms in total. The second kappa shape index (κ2) is 8.48. The number of carbonyl (C=O) groups excluding carboxylic acids is 2. The lowest BCUT2D eigenvalue weighted by Gasteiger charge is -2.05. The van der Waals surface area contributed by atoms with Crippen molar-refractivity contribution in [2.75, 3.05) is 39.6 Å². The third kappa shape index (κ3) is 5.79. The van der Waals surface area contributed by atoms with Crippen molar-refractivity contribution in [2.24, 2.45) is 0 Å². The molecular weight excluding hydrogens is 312 g/mol. The molecule has 2 atom stereocenters. The van der Waals surface area contributed by atoms with E-state index in [2.05, 4.69) is 0 Å². The molecule has 1 aromatic rings. The molecule has 2 saturated heterocycles. The predicted molar refractivity (Wildman–Crippen MR) is 85.5 cm³/mol. The molecule has 2 aliphatic rings. The maximum Gasteiger partial charge on any atom is 0.165 e. The number of epoxide rings is 2. The second-order valence-corrected chi connectivity index (χ2v) is 5.98. The Morgan fingerprint density at radius 2 is 1.21 bits per heavy atom. The van der Waals surface area contributed by atoms with Gasteiger partial charge >= 0.3 is 0 Å². The van der Waals surface area contributed by atoms with Crippen molar-refractivity contribution in [3.8, 4) is 0 Å². The van der Waals surface area contributed by atoms with Crippen LogP contribution < -0.4 is 0 Å². The first kappa shape index (κ1) is 17.2. The van der Waals surface area contributed by atoms with Crippen molar-refractivity contribution < 1.29 is 28.5 Å². The Hall–Kier alpha value is -1.60. The van der Waals surface area contributed by atoms with Gasteiger partial charge in [-0.05, 0) is 0 Å². The van der Waals surface area contributed by atoms with Crippen LogP contribution in [0.4, 0.5) is 0 Å². The van der Waals surface area contributed by atoms with E-state index in [-0.39, 0.29) is 23.8 Å². The summed E-state index contributed by atoms with van der Waals surface area (Å²) in [7, 11) is 0. The van der Waals surface area contributed by atoms with Crippen molar-refractivity contribution in [2.45, 2.75) is 25.0 Å². The lowest BCUT2D eigenvalue weighted by Crippen LogP contribution is -2.09. The minimum atomic E-state index is 0.0125. The summed E-state index contributed by atoms with van der Waals surface area (Å²) in [5.41, 5.74) is 1.19. The first-order valence-corrected chi connectivity index (χ1v) is 8.27. The van der Waals surface area contributed by atoms with Crippen LogP contribution in [0.2, 0.25) is 0 Å². The van der Waals surface area contributed by atoms with Gasteiger partial charge < -0.3 is 18.9 Å². The van der Waals surface area contributed by atoms with Crippen LogP contribution in [0.15, 0.2) is 24.3 Å². The lowest BCUT2D eigenvalue weighted by molar-refractivity contribution is 0.0835. The molecule has 130 valence electrons. The van der Waals surface area contributed by atoms with Crippen LogP contribution in [0.5, 0.6) is 0 Å². The van der Waals surface area contributed by atoms with Crippen molar-refractivity contribution >= 4 is 11.6 Å². The summed E-state index contributed by atoms with van der Waals surface area (Å²) in [6.07, 6.45) is 1.09. The minimum Gasteiger partial charge on any atom is -0.378 e. The van der Waals surface area contributed by atoms with E-state index >= 15 is 0 Å². The Labute approximate surface area is 141 Å². The molecule has 0 bridgehead atoms. The highest BCUT2D eigenvalue weighted by molar-refractivity contribution is 5.99. The Balaban J connectivity index is 1.36. The van der Waals surface area contributed by atoms with Crippen molar-refractivity contribution in [1.29, 1.82) is 0 Å². The molecule has 0 aromatic heterocycles. The van der Waals surface area contributed by atoms with E-state index in [1.54, 1.807) is 24.3 Å². The van der Waals surface area contributed by atoms with E-state index in [1.165, 1.54) is 0 Å². The predicted octanol–water partition coefficient (Wildman–Crippen LogP) is 1.66. The van der Waals surface area contributed by atoms with Gasteiger partial charge in [0.2, 0.25) is 0 Å². The van der Waals surface area contributed by atoms with Crippen LogP contribution >= 0.6 is 0 Å². The van der Waals surface area contributed by atoms with E-state index in [0.29, 0.717) is 50.4 Å². The summed E-state index contributed by atoms with van der Waals surface area (Å²) in [5, 5.41) is 0. The topological polar surface area (TPSA) is 77.7 Å². The fourth-order valence-electron chi connectivity index (χ4n) is 2.22. The summed E-state index contributed by atoms with van der Waals surface area (Å²) in [5.74, 6) is 0.0250. The van der Waals surface area contributed by atoms with Gasteiger partial charge in [-0.3, -0.25) is 9.59 Å². The van der Waals surface area contributed by atoms with Crippen LogP contribution in [-0.4, -0.2) is 63.4 Å². The molecule has 6 heteroatoms. The van der Waals surface area contributed by atoms with E-state index in [4.69, 9.17) is 18.9 Å². The summed E-state index contributed by atoms with van der Waals surface area (Å²) < 4.78 is 20.8. The molecule has 2 aliphatic heterocycles. The van der Waals surface area contributed by atoms with Gasteiger partial charge in [-0.25, -0.2) is 0 Å². The molecule has 0 spiro atoms. The Morgan fingerprint density at radius 1 is 0.833 bits per heavy atom. The Kier molecular flexibility index (Phi) is 6.09. The van der Waals surface area contributed by atoms with Crippen molar-refractivity contribution in [3.63, 3.8) is 0 Å². The Morgan fingerprint density at radius 3 is 1.54 bits per heavy atom. The molecule has 1 aromatic carbocycles. The largest absolute Gasteiger partial charge is 0.378 e. The maximum absolute atomic E-state index is 12.0. The van der Waals surface area contributed by atoms with E-state index in [9.17, 15) is 9.59 Å². The summed E-state index contributed by atoms with van der Waals surface area (Å²) >= 11 is 0. The fraction of sp³-hybridized carbons (Fsp3) is 0.556. The molecule has 3 rings (SSSR count). The van der Waals surface area contributed by atoms with E-state index < -0.39 is 0 Å². The quantitative estimate of drug-likeness (QED) is 0.329. The summed E-state index contributed by atoms with van der Waals surface area (Å²) in [4.78, 5) is 24.1. The number of hydrogen-bond donors (Lipinski definition) is 0. The molecule has 0 radical (unpaired) electrons. The first-order chi connectivity index (χ1) is 11.7. The molecular formula is C18H22O6. The molecule has 2 fully saturated rings. The van der Waals surface area contributed by atoms with E-state index in [0.717, 1.165) is 13.2 Å². The van der Waals surface area contributed by atoms with Gasteiger partial charge in [0, 0.05) is 24.0 Å². The van der Waals surface area contributed by atoms with Gasteiger partial charge in [0.05, 0.1) is 39.6 Å². The molecule has 0 aliphatic carbocycles. The number of ketones is 2. The number of Topliss-reactive ketones (excluding diaryl/α,β-unsaturated/α-hetero) is 2. The lowest BCUT2D eigenvalue weighted by atomic mass is 10.0. The molecule has 2 heterocycles. The third-order valence-electron chi connectivity index (χ3n) is 3.89. The fourth-order valence-corrected chi connectivity index (χ4v) is 2.22. The number of carbonyl (C=O) groups is 2. The molecule has 0 saturated carbocycles. The SMILES string of the molecule is O=C(CCOCC1CO1)c1ccc(C(=O)CCOCC2CO2)cc1. The summed E-state index contributed by atoms with van der Waals surface area (Å²) in [6, 6.07) is 6.77. The number of hydrogen-bond acceptors (Lipinski definition) is 6. The second-order valence-electron chi connectivity index (χ2n) is 5.98. The molecule has 0 N–H and O–H groups in total. The van der Waals surface area contributed by atoms with Crippen molar-refractivity contribution in [3.05, 3.63) is 35.4 Å². The standard InChI is InChI=1S/C18H22O6/c19-17(5-7-21-9-15-11-23-15)13-1-2-14(4-3-13)18(20)6-8-22-10-16-12-24-16/h1-4,15-16H,5-12H2. The van der Waals surface area contributed by atoms with Gasteiger partial charge in [0.15, 0.2) is 11.6 Å². The van der Waals surface area contributed by atoms with Crippen LogP contribution in [0.3, 0.4) is 0 Å². The van der Waals surface area contributed by atoms with Gasteiger partial charge in [0.25, 0.3) is 0 Å². The Bertz CT molecular complexity index is 508. The highest BCUT2D eigenvalue weighted by Gasteiger charge is 2.23. The van der Waals surface area contributed by atoms with Crippen molar-refractivity contribution in [1.82, 2.24) is 0 Å². The molecule has 24 heavy (non-hydrogen) atoms. The van der Waals surface area contributed by atoms with E-state index in [1.807, 2.05) is 0 Å². The van der Waals surface area contributed by atoms with Crippen LogP contribution in [0.1, 0.15) is 33.6 Å². The average Bonchev–Trinajstić information content (AvgIpc) is 3.50. The maximum atomic E-state index is 12.0. The van der Waals surface area contributed by atoms with Crippen LogP contribution in [0.25, 0.3) is 0 Å². The highest BCUT2D eigenvalue weighted by Crippen LogP contribution is 2.12. The van der Waals surface area contributed by atoms with Gasteiger partial charge in [-0.1, -0.05) is 24.3 Å². The van der Waals surface area contributed by atoms with Gasteiger partial charge in [-0.15, -0.1) is 0 Å². The average molecular weight is 334 g/mol. The zero-order valence-corrected chi connectivity index (χ0v) is 13.6. The van der Waals surface area contributed by atoms with Crippen LogP contribution in [0, 0.1) is 0 Å². The molecule has 0 amide bonds. The summed E-state index contributed by atoms with van der Waals surface area (Å²) in [6.45, 7) is 3.39. The number of benzene rings is 1. The van der Waals surface area contributed by atoms with Gasteiger partial charge in [-0.2, -0.15) is 0 Å². The van der Waals surface area contributed by atoms with Crippen LogP contribution in [-0.2, 0) is 18.9 Å². The first-order valence-electron chi connectivity index (χ1n) is 8.27.